The van der Waals surface area contributed by atoms with Gasteiger partial charge in [0.05, 0.1) is 0 Å². The highest BCUT2D eigenvalue weighted by Gasteiger charge is 2.18. The van der Waals surface area contributed by atoms with Gasteiger partial charge in [0.2, 0.25) is 5.91 Å². The zero-order valence-corrected chi connectivity index (χ0v) is 11.4. The first-order chi connectivity index (χ1) is 9.13. The van der Waals surface area contributed by atoms with Gasteiger partial charge in [-0.15, -0.1) is 0 Å². The van der Waals surface area contributed by atoms with Crippen molar-refractivity contribution in [3.63, 3.8) is 0 Å². The average Bonchev–Trinajstić information content (AvgIpc) is 2.83. The highest BCUT2D eigenvalue weighted by Crippen LogP contribution is 2.28. The predicted octanol–water partition coefficient (Wildman–Crippen LogP) is 4.52. The lowest BCUT2D eigenvalue weighted by molar-refractivity contribution is -0.117. The fourth-order valence-corrected chi connectivity index (χ4v) is 2.91. The van der Waals surface area contributed by atoms with Crippen LogP contribution < -0.4 is 5.32 Å². The molecular weight excluding hydrogens is 268 g/mol. The van der Waals surface area contributed by atoms with Crippen molar-refractivity contribution in [1.82, 2.24) is 0 Å². The number of hydrogen-bond acceptors (Lipinski definition) is 2. The van der Waals surface area contributed by atoms with Gasteiger partial charge < -0.3 is 5.32 Å². The van der Waals surface area contributed by atoms with E-state index in [-0.39, 0.29) is 5.91 Å². The van der Waals surface area contributed by atoms with Crippen molar-refractivity contribution in [2.24, 2.45) is 5.92 Å². The maximum absolute atomic E-state index is 12.2. The molecule has 1 aliphatic rings. The molecule has 1 amide bonds. The fourth-order valence-electron chi connectivity index (χ4n) is 2.41. The lowest BCUT2D eigenvalue weighted by atomic mass is 10.0. The van der Waals surface area contributed by atoms with E-state index in [1.54, 1.807) is 24.3 Å². The summed E-state index contributed by atoms with van der Waals surface area (Å²) < 4.78 is 24.3. The van der Waals surface area contributed by atoms with Crippen molar-refractivity contribution in [2.75, 3.05) is 5.32 Å². The van der Waals surface area contributed by atoms with Gasteiger partial charge in [0.25, 0.3) is 5.76 Å². The van der Waals surface area contributed by atoms with E-state index in [1.165, 1.54) is 12.8 Å². The lowest BCUT2D eigenvalue weighted by Crippen LogP contribution is -2.14. The number of anilines is 1. The number of carbonyl (C=O) groups is 1. The van der Waals surface area contributed by atoms with Crippen molar-refractivity contribution in [3.05, 3.63) is 24.3 Å². The molecule has 5 heteroatoms. The normalized spacial score (nSPS) is 15.9. The summed E-state index contributed by atoms with van der Waals surface area (Å²) in [7, 11) is 0. The molecule has 0 unspecified atom stereocenters. The van der Waals surface area contributed by atoms with E-state index in [0.29, 0.717) is 34.7 Å². The van der Waals surface area contributed by atoms with Crippen LogP contribution in [0.25, 0.3) is 0 Å². The molecule has 104 valence electrons. The summed E-state index contributed by atoms with van der Waals surface area (Å²) in [5.74, 6) is -1.89. The van der Waals surface area contributed by atoms with Crippen LogP contribution in [-0.2, 0) is 4.79 Å². The third-order valence-corrected chi connectivity index (χ3v) is 4.03. The number of hydrogen-bond donors (Lipinski definition) is 1. The highest BCUT2D eigenvalue weighted by molar-refractivity contribution is 7.99. The van der Waals surface area contributed by atoms with E-state index in [0.717, 1.165) is 12.8 Å². The summed E-state index contributed by atoms with van der Waals surface area (Å²) >= 11 is 0.506. The van der Waals surface area contributed by atoms with Gasteiger partial charge in [-0.25, -0.2) is 0 Å². The average molecular weight is 285 g/mol. The monoisotopic (exact) mass is 285 g/mol. The van der Waals surface area contributed by atoms with Gasteiger partial charge >= 0.3 is 0 Å². The van der Waals surface area contributed by atoms with E-state index in [2.05, 4.69) is 5.32 Å². The quantitative estimate of drug-likeness (QED) is 0.806. The molecule has 0 bridgehead atoms. The molecule has 0 spiro atoms. The first-order valence-electron chi connectivity index (χ1n) is 6.48. The van der Waals surface area contributed by atoms with E-state index in [9.17, 15) is 13.6 Å². The van der Waals surface area contributed by atoms with Crippen LogP contribution >= 0.6 is 11.8 Å². The maximum atomic E-state index is 12.2. The molecule has 2 nitrogen and oxygen atoms in total. The van der Waals surface area contributed by atoms with Gasteiger partial charge in [0.15, 0.2) is 0 Å². The summed E-state index contributed by atoms with van der Waals surface area (Å²) in [4.78, 5) is 12.3. The highest BCUT2D eigenvalue weighted by atomic mass is 32.2. The topological polar surface area (TPSA) is 29.1 Å². The Hall–Kier alpha value is -1.10. The smallest absolute Gasteiger partial charge is 0.288 e. The Morgan fingerprint density at radius 1 is 1.26 bits per heavy atom. The number of alkyl halides is 2. The van der Waals surface area contributed by atoms with Gasteiger partial charge in [-0.05, 0) is 43.0 Å². The molecule has 1 aliphatic carbocycles. The predicted molar refractivity (Wildman–Crippen MR) is 73.5 cm³/mol. The Balaban J connectivity index is 1.82. The van der Waals surface area contributed by atoms with Crippen molar-refractivity contribution in [3.8, 4) is 0 Å². The number of thioether (sulfide) groups is 1. The summed E-state index contributed by atoms with van der Waals surface area (Å²) in [6.07, 6.45) is 5.28. The molecule has 1 N–H and O–H groups in total. The third kappa shape index (κ3) is 4.82. The Labute approximate surface area is 116 Å². The van der Waals surface area contributed by atoms with Gasteiger partial charge in [-0.1, -0.05) is 24.6 Å². The molecule has 1 aromatic rings. The molecule has 1 saturated carbocycles. The van der Waals surface area contributed by atoms with Crippen LogP contribution in [0, 0.1) is 5.92 Å². The van der Waals surface area contributed by atoms with Crippen LogP contribution in [0.2, 0.25) is 0 Å². The molecule has 2 rings (SSSR count). The first kappa shape index (κ1) is 14.3. The van der Waals surface area contributed by atoms with Crippen molar-refractivity contribution in [1.29, 1.82) is 0 Å². The van der Waals surface area contributed by atoms with Crippen LogP contribution in [0.5, 0.6) is 0 Å². The summed E-state index contributed by atoms with van der Waals surface area (Å²) in [5.41, 5.74) is 0.668. The molecule has 0 saturated heterocycles. The largest absolute Gasteiger partial charge is 0.326 e. The van der Waals surface area contributed by atoms with E-state index < -0.39 is 5.76 Å². The molecule has 1 fully saturated rings. The van der Waals surface area contributed by atoms with E-state index >= 15 is 0 Å². The molecular formula is C14H17F2NOS. The number of carbonyl (C=O) groups excluding carboxylic acids is 1. The van der Waals surface area contributed by atoms with Gasteiger partial charge in [-0.3, -0.25) is 4.79 Å². The second-order valence-corrected chi connectivity index (χ2v) is 5.87. The third-order valence-electron chi connectivity index (χ3n) is 3.31. The van der Waals surface area contributed by atoms with Crippen LogP contribution in [-0.4, -0.2) is 11.7 Å². The molecule has 0 aliphatic heterocycles. The van der Waals surface area contributed by atoms with Gasteiger partial charge in [0, 0.05) is 17.0 Å². The number of rotatable bonds is 5. The number of nitrogens with one attached hydrogen (secondary N) is 1. The lowest BCUT2D eigenvalue weighted by Gasteiger charge is -2.10. The molecule has 0 radical (unpaired) electrons. The minimum absolute atomic E-state index is 0.0150. The van der Waals surface area contributed by atoms with E-state index in [4.69, 9.17) is 0 Å². The minimum atomic E-state index is -2.41. The number of benzene rings is 1. The van der Waals surface area contributed by atoms with Crippen molar-refractivity contribution in [2.45, 2.75) is 42.8 Å². The summed E-state index contributed by atoms with van der Waals surface area (Å²) in [6.45, 7) is 0. The summed E-state index contributed by atoms with van der Waals surface area (Å²) in [5, 5.41) is 2.81. The standard InChI is InChI=1S/C14H17F2NOS/c15-14(16)19-12-7-5-11(6-8-12)17-13(18)9-10-3-1-2-4-10/h5-8,10,14H,1-4,9H2,(H,17,18). The van der Waals surface area contributed by atoms with Crippen molar-refractivity contribution < 1.29 is 13.6 Å². The van der Waals surface area contributed by atoms with Crippen LogP contribution in [0.4, 0.5) is 14.5 Å². The Morgan fingerprint density at radius 2 is 1.89 bits per heavy atom. The number of halogens is 2. The molecule has 0 atom stereocenters. The maximum Gasteiger partial charge on any atom is 0.288 e. The molecule has 0 aromatic heterocycles. The van der Waals surface area contributed by atoms with Crippen LogP contribution in [0.3, 0.4) is 0 Å². The van der Waals surface area contributed by atoms with Crippen molar-refractivity contribution >= 4 is 23.4 Å². The second-order valence-electron chi connectivity index (χ2n) is 4.81. The zero-order valence-electron chi connectivity index (χ0n) is 10.6. The molecule has 1 aromatic carbocycles. The molecule has 0 heterocycles. The Kier molecular flexibility index (Phi) is 5.19. The minimum Gasteiger partial charge on any atom is -0.326 e. The van der Waals surface area contributed by atoms with Gasteiger partial charge in [0.1, 0.15) is 0 Å². The Morgan fingerprint density at radius 3 is 2.47 bits per heavy atom. The summed E-state index contributed by atoms with van der Waals surface area (Å²) in [6, 6.07) is 6.53. The SMILES string of the molecule is O=C(CC1CCCC1)Nc1ccc(SC(F)F)cc1. The zero-order chi connectivity index (χ0) is 13.7. The number of amides is 1. The molecule has 19 heavy (non-hydrogen) atoms. The fraction of sp³-hybridized carbons (Fsp3) is 0.500. The first-order valence-corrected chi connectivity index (χ1v) is 7.36. The van der Waals surface area contributed by atoms with Crippen LogP contribution in [0.15, 0.2) is 29.2 Å². The van der Waals surface area contributed by atoms with Gasteiger partial charge in [-0.2, -0.15) is 8.78 Å². The van der Waals surface area contributed by atoms with Crippen LogP contribution in [0.1, 0.15) is 32.1 Å². The second kappa shape index (κ2) is 6.89. The van der Waals surface area contributed by atoms with E-state index in [1.807, 2.05) is 0 Å². The Bertz CT molecular complexity index is 416.